The van der Waals surface area contributed by atoms with Gasteiger partial charge in [0.05, 0.1) is 12.6 Å². The van der Waals surface area contributed by atoms with Gasteiger partial charge in [-0.25, -0.2) is 4.39 Å². The van der Waals surface area contributed by atoms with Crippen molar-refractivity contribution in [2.45, 2.75) is 45.4 Å². The Kier molecular flexibility index (Phi) is 4.00. The second-order valence-electron chi connectivity index (χ2n) is 5.77. The number of anilines is 1. The molecule has 1 N–H and O–H groups in total. The SMILES string of the molecule is Cc1cc(N(Cc2cccs2)C2CC2)c([C@H](C)O)cc1F. The number of aryl methyl sites for hydroxylation is 1. The van der Waals surface area contributed by atoms with Gasteiger partial charge in [-0.15, -0.1) is 11.3 Å². The Morgan fingerprint density at radius 1 is 1.43 bits per heavy atom. The van der Waals surface area contributed by atoms with Crippen LogP contribution in [0, 0.1) is 12.7 Å². The molecule has 4 heteroatoms. The molecule has 1 aromatic heterocycles. The second-order valence-corrected chi connectivity index (χ2v) is 6.81. The van der Waals surface area contributed by atoms with Crippen molar-refractivity contribution in [2.75, 3.05) is 4.90 Å². The first kappa shape index (κ1) is 14.5. The van der Waals surface area contributed by atoms with Crippen LogP contribution in [0.1, 0.15) is 41.9 Å². The van der Waals surface area contributed by atoms with Crippen LogP contribution in [0.15, 0.2) is 29.6 Å². The predicted molar refractivity (Wildman–Crippen MR) is 85.3 cm³/mol. The summed E-state index contributed by atoms with van der Waals surface area (Å²) >= 11 is 1.73. The van der Waals surface area contributed by atoms with E-state index >= 15 is 0 Å². The van der Waals surface area contributed by atoms with Gasteiger partial charge in [0.25, 0.3) is 0 Å². The first-order valence-electron chi connectivity index (χ1n) is 7.33. The minimum absolute atomic E-state index is 0.249. The summed E-state index contributed by atoms with van der Waals surface area (Å²) in [4.78, 5) is 3.61. The zero-order chi connectivity index (χ0) is 15.0. The lowest BCUT2D eigenvalue weighted by Gasteiger charge is -2.28. The average molecular weight is 305 g/mol. The summed E-state index contributed by atoms with van der Waals surface area (Å²) in [5, 5.41) is 12.1. The molecule has 1 saturated carbocycles. The van der Waals surface area contributed by atoms with E-state index in [9.17, 15) is 9.50 Å². The maximum absolute atomic E-state index is 13.8. The van der Waals surface area contributed by atoms with E-state index in [1.165, 1.54) is 23.8 Å². The molecule has 21 heavy (non-hydrogen) atoms. The molecule has 1 atom stereocenters. The van der Waals surface area contributed by atoms with E-state index in [4.69, 9.17) is 0 Å². The van der Waals surface area contributed by atoms with Crippen LogP contribution < -0.4 is 4.90 Å². The molecule has 1 aliphatic carbocycles. The number of hydrogen-bond acceptors (Lipinski definition) is 3. The maximum atomic E-state index is 13.8. The number of aliphatic hydroxyl groups excluding tert-OH is 1. The Morgan fingerprint density at radius 2 is 2.19 bits per heavy atom. The molecule has 1 aliphatic rings. The third kappa shape index (κ3) is 3.11. The lowest BCUT2D eigenvalue weighted by atomic mass is 10.0. The molecule has 0 unspecified atom stereocenters. The highest BCUT2D eigenvalue weighted by Gasteiger charge is 2.31. The third-order valence-corrected chi connectivity index (χ3v) is 4.82. The summed E-state index contributed by atoms with van der Waals surface area (Å²) in [7, 11) is 0. The number of thiophene rings is 1. The van der Waals surface area contributed by atoms with Crippen molar-refractivity contribution < 1.29 is 9.50 Å². The van der Waals surface area contributed by atoms with Crippen LogP contribution in [0.5, 0.6) is 0 Å². The minimum atomic E-state index is -0.667. The van der Waals surface area contributed by atoms with Crippen molar-refractivity contribution in [1.82, 2.24) is 0 Å². The average Bonchev–Trinajstić information content (AvgIpc) is 3.15. The fourth-order valence-corrected chi connectivity index (χ4v) is 3.34. The topological polar surface area (TPSA) is 23.5 Å². The Balaban J connectivity index is 2.00. The number of hydrogen-bond donors (Lipinski definition) is 1. The zero-order valence-electron chi connectivity index (χ0n) is 12.3. The third-order valence-electron chi connectivity index (χ3n) is 3.96. The highest BCUT2D eigenvalue weighted by atomic mass is 32.1. The molecule has 3 rings (SSSR count). The van der Waals surface area contributed by atoms with E-state index in [-0.39, 0.29) is 5.82 Å². The fourth-order valence-electron chi connectivity index (χ4n) is 2.63. The standard InChI is InChI=1S/C17H20FNOS/c1-11-8-17(15(12(2)20)9-16(11)18)19(13-5-6-13)10-14-4-3-7-21-14/h3-4,7-9,12-13,20H,5-6,10H2,1-2H3/t12-/m0/s1. The molecule has 1 heterocycles. The number of benzene rings is 1. The molecule has 0 aliphatic heterocycles. The van der Waals surface area contributed by atoms with E-state index in [0.29, 0.717) is 17.2 Å². The Hall–Kier alpha value is -1.39. The molecule has 0 amide bonds. The molecule has 1 aromatic carbocycles. The molecule has 1 fully saturated rings. The van der Waals surface area contributed by atoms with Gasteiger partial charge in [0.15, 0.2) is 0 Å². The maximum Gasteiger partial charge on any atom is 0.126 e. The lowest BCUT2D eigenvalue weighted by Crippen LogP contribution is -2.26. The van der Waals surface area contributed by atoms with Crippen molar-refractivity contribution in [2.24, 2.45) is 0 Å². The van der Waals surface area contributed by atoms with Crippen LogP contribution in [0.25, 0.3) is 0 Å². The summed E-state index contributed by atoms with van der Waals surface area (Å²) in [6.45, 7) is 4.30. The van der Waals surface area contributed by atoms with Gasteiger partial charge in [-0.2, -0.15) is 0 Å². The monoisotopic (exact) mass is 305 g/mol. The van der Waals surface area contributed by atoms with Crippen LogP contribution in [-0.2, 0) is 6.54 Å². The van der Waals surface area contributed by atoms with Crippen molar-refractivity contribution in [3.05, 3.63) is 51.5 Å². The molecular weight excluding hydrogens is 285 g/mol. The van der Waals surface area contributed by atoms with Gasteiger partial charge in [-0.1, -0.05) is 6.07 Å². The summed E-state index contributed by atoms with van der Waals surface area (Å²) < 4.78 is 13.8. The fraction of sp³-hybridized carbons (Fsp3) is 0.412. The van der Waals surface area contributed by atoms with Gasteiger partial charge in [0.2, 0.25) is 0 Å². The first-order valence-corrected chi connectivity index (χ1v) is 8.21. The Bertz CT molecular complexity index is 620. The largest absolute Gasteiger partial charge is 0.389 e. The smallest absolute Gasteiger partial charge is 0.126 e. The van der Waals surface area contributed by atoms with Gasteiger partial charge in [0, 0.05) is 22.2 Å². The summed E-state index contributed by atoms with van der Waals surface area (Å²) in [5.41, 5.74) is 2.28. The molecule has 0 radical (unpaired) electrons. The van der Waals surface area contributed by atoms with Crippen molar-refractivity contribution >= 4 is 17.0 Å². The summed E-state index contributed by atoms with van der Waals surface area (Å²) in [6.07, 6.45) is 1.67. The van der Waals surface area contributed by atoms with Crippen molar-refractivity contribution in [1.29, 1.82) is 0 Å². The molecular formula is C17H20FNOS. The highest BCUT2D eigenvalue weighted by molar-refractivity contribution is 7.09. The number of aliphatic hydroxyl groups is 1. The normalized spacial score (nSPS) is 16.0. The summed E-state index contributed by atoms with van der Waals surface area (Å²) in [6, 6.07) is 8.05. The van der Waals surface area contributed by atoms with E-state index in [0.717, 1.165) is 12.2 Å². The van der Waals surface area contributed by atoms with Gasteiger partial charge >= 0.3 is 0 Å². The Morgan fingerprint density at radius 3 is 2.76 bits per heavy atom. The lowest BCUT2D eigenvalue weighted by molar-refractivity contribution is 0.199. The molecule has 0 spiro atoms. The highest BCUT2D eigenvalue weighted by Crippen LogP contribution is 2.38. The first-order chi connectivity index (χ1) is 10.1. The van der Waals surface area contributed by atoms with Gasteiger partial charge in [-0.05, 0) is 55.8 Å². The van der Waals surface area contributed by atoms with E-state index in [2.05, 4.69) is 22.4 Å². The number of halogens is 1. The number of rotatable bonds is 5. The van der Waals surface area contributed by atoms with Gasteiger partial charge < -0.3 is 10.0 Å². The van der Waals surface area contributed by atoms with Crippen LogP contribution in [0.3, 0.4) is 0 Å². The van der Waals surface area contributed by atoms with E-state index in [1.807, 2.05) is 6.07 Å². The quantitative estimate of drug-likeness (QED) is 0.884. The molecule has 2 nitrogen and oxygen atoms in total. The Labute approximate surface area is 128 Å². The van der Waals surface area contributed by atoms with E-state index in [1.54, 1.807) is 25.2 Å². The predicted octanol–water partition coefficient (Wildman–Crippen LogP) is 4.42. The zero-order valence-corrected chi connectivity index (χ0v) is 13.2. The van der Waals surface area contributed by atoms with Crippen LogP contribution in [-0.4, -0.2) is 11.1 Å². The molecule has 0 bridgehead atoms. The van der Waals surface area contributed by atoms with Crippen molar-refractivity contribution in [3.63, 3.8) is 0 Å². The van der Waals surface area contributed by atoms with Crippen LogP contribution >= 0.6 is 11.3 Å². The van der Waals surface area contributed by atoms with Gasteiger partial charge in [-0.3, -0.25) is 0 Å². The number of nitrogens with zero attached hydrogens (tertiary/aromatic N) is 1. The molecule has 0 saturated heterocycles. The van der Waals surface area contributed by atoms with Crippen LogP contribution in [0.4, 0.5) is 10.1 Å². The van der Waals surface area contributed by atoms with Gasteiger partial charge in [0.1, 0.15) is 5.82 Å². The molecule has 112 valence electrons. The minimum Gasteiger partial charge on any atom is -0.389 e. The second kappa shape index (κ2) is 5.78. The van der Waals surface area contributed by atoms with Crippen LogP contribution in [0.2, 0.25) is 0 Å². The van der Waals surface area contributed by atoms with E-state index < -0.39 is 6.10 Å². The summed E-state index contributed by atoms with van der Waals surface area (Å²) in [5.74, 6) is -0.249. The van der Waals surface area contributed by atoms with Crippen molar-refractivity contribution in [3.8, 4) is 0 Å². The molecule has 2 aromatic rings.